The zero-order valence-corrected chi connectivity index (χ0v) is 22.2. The van der Waals surface area contributed by atoms with E-state index in [0.29, 0.717) is 22.4 Å². The number of ether oxygens (including phenoxy) is 1. The Kier molecular flexibility index (Phi) is 3.68. The van der Waals surface area contributed by atoms with Crippen molar-refractivity contribution in [3.8, 4) is 50.6 Å². The summed E-state index contributed by atoms with van der Waals surface area (Å²) in [6, 6.07) is 32.7. The number of aromatic nitrogens is 1. The maximum atomic E-state index is 9.46. The molecular formula is C40H25NO. The Bertz CT molecular complexity index is 2710. The number of para-hydroxylation sites is 2. The van der Waals surface area contributed by atoms with Gasteiger partial charge in [0, 0.05) is 27.4 Å². The summed E-state index contributed by atoms with van der Waals surface area (Å²) in [7, 11) is 0. The monoisotopic (exact) mass is 542 g/mol. The van der Waals surface area contributed by atoms with Crippen LogP contribution in [0, 0.1) is 0 Å². The number of hydrogen-bond acceptors (Lipinski definition) is 1. The summed E-state index contributed by atoms with van der Waals surface area (Å²) in [5.74, 6) is 0.605. The van der Waals surface area contributed by atoms with E-state index in [2.05, 4.69) is 4.57 Å². The van der Waals surface area contributed by atoms with Gasteiger partial charge in [-0.2, -0.15) is 0 Å². The van der Waals surface area contributed by atoms with Gasteiger partial charge in [0.05, 0.1) is 20.6 Å². The number of fused-ring (bicyclic) bond motifs is 5. The third-order valence-electron chi connectivity index (χ3n) is 7.98. The molecule has 1 aromatic heterocycles. The molecule has 1 aliphatic heterocycles. The molecule has 0 aliphatic carbocycles. The lowest BCUT2D eigenvalue weighted by atomic mass is 9.91. The fraction of sp³-hybridized carbons (Fsp3) is 0. The van der Waals surface area contributed by atoms with Crippen LogP contribution in [-0.4, -0.2) is 4.57 Å². The minimum absolute atomic E-state index is 0.0756. The Balaban J connectivity index is 1.31. The van der Waals surface area contributed by atoms with Crippen LogP contribution in [0.25, 0.3) is 71.6 Å². The standard InChI is InChI=1S/C40H25NO/c1-2-13-31(14-3-1)41-36-17-5-4-15-32(36)34-24-29(19-21-37(34)41)27-11-6-12-28(23-27)30-20-22-38-35(25-30)33-16-7-9-26-10-8-18-39(42-38)40(26)33/h1-25H/i6D,11D,12D,20D,22D,23D,25D. The van der Waals surface area contributed by atoms with E-state index < -0.39 is 12.1 Å². The van der Waals surface area contributed by atoms with E-state index >= 15 is 0 Å². The number of hydrogen-bond donors (Lipinski definition) is 0. The zero-order chi connectivity index (χ0) is 33.7. The van der Waals surface area contributed by atoms with Gasteiger partial charge in [0.25, 0.3) is 0 Å². The average Bonchev–Trinajstić information content (AvgIpc) is 3.45. The quantitative estimate of drug-likeness (QED) is 0.217. The first-order valence-corrected chi connectivity index (χ1v) is 13.8. The first-order valence-electron chi connectivity index (χ1n) is 17.3. The minimum Gasteiger partial charge on any atom is -0.456 e. The van der Waals surface area contributed by atoms with Gasteiger partial charge in [-0.25, -0.2) is 0 Å². The molecule has 0 N–H and O–H groups in total. The fourth-order valence-corrected chi connectivity index (χ4v) is 6.09. The Labute approximate surface area is 253 Å². The molecular weight excluding hydrogens is 510 g/mol. The van der Waals surface area contributed by atoms with Crippen molar-refractivity contribution in [2.45, 2.75) is 0 Å². The number of benzene rings is 7. The van der Waals surface area contributed by atoms with Crippen LogP contribution in [0.15, 0.2) is 151 Å². The van der Waals surface area contributed by atoms with Gasteiger partial charge in [0.1, 0.15) is 11.5 Å². The molecule has 0 saturated carbocycles. The van der Waals surface area contributed by atoms with E-state index in [0.717, 1.165) is 38.3 Å². The van der Waals surface area contributed by atoms with E-state index in [9.17, 15) is 2.74 Å². The third kappa shape index (κ3) is 3.45. The van der Waals surface area contributed by atoms with Gasteiger partial charge in [-0.3, -0.25) is 0 Å². The molecule has 0 radical (unpaired) electrons. The molecule has 0 bridgehead atoms. The number of nitrogens with zero attached hydrogens (tertiary/aromatic N) is 1. The largest absolute Gasteiger partial charge is 0.456 e. The van der Waals surface area contributed by atoms with E-state index in [4.69, 9.17) is 11.6 Å². The molecule has 7 aromatic carbocycles. The van der Waals surface area contributed by atoms with Crippen molar-refractivity contribution in [2.75, 3.05) is 0 Å². The summed E-state index contributed by atoms with van der Waals surface area (Å²) in [5.41, 5.74) is 4.30. The molecule has 8 aromatic rings. The molecule has 0 spiro atoms. The lowest BCUT2D eigenvalue weighted by Gasteiger charge is -2.22. The SMILES string of the molecule is [2H]c1c([2H])c(-c2ccc3c(c2)c2ccccc2n3-c2ccccc2)c([2H])c(-c2c([2H])c([2H])c3c(c2[2H])-c2cccc4cccc(c24)O3)c1[2H]. The smallest absolute Gasteiger partial charge is 0.135 e. The predicted molar refractivity (Wildman–Crippen MR) is 175 cm³/mol. The Morgan fingerprint density at radius 3 is 2.19 bits per heavy atom. The van der Waals surface area contributed by atoms with Crippen LogP contribution in [0.1, 0.15) is 9.60 Å². The fourth-order valence-electron chi connectivity index (χ4n) is 6.09. The van der Waals surface area contributed by atoms with Gasteiger partial charge in [0.2, 0.25) is 0 Å². The van der Waals surface area contributed by atoms with Crippen molar-refractivity contribution in [3.63, 3.8) is 0 Å². The molecule has 9 rings (SSSR count). The van der Waals surface area contributed by atoms with Crippen LogP contribution < -0.4 is 4.74 Å². The van der Waals surface area contributed by atoms with Crippen LogP contribution in [0.2, 0.25) is 0 Å². The van der Waals surface area contributed by atoms with Crippen LogP contribution in [0.5, 0.6) is 11.5 Å². The van der Waals surface area contributed by atoms with Gasteiger partial charge in [-0.05, 0) is 87.7 Å². The minimum atomic E-state index is -0.433. The van der Waals surface area contributed by atoms with Crippen molar-refractivity contribution in [1.82, 2.24) is 4.57 Å². The van der Waals surface area contributed by atoms with Gasteiger partial charge in [-0.15, -0.1) is 0 Å². The van der Waals surface area contributed by atoms with Gasteiger partial charge in [-0.1, -0.05) is 97.0 Å². The third-order valence-corrected chi connectivity index (χ3v) is 7.98. The van der Waals surface area contributed by atoms with Crippen molar-refractivity contribution in [3.05, 3.63) is 151 Å². The normalized spacial score (nSPS) is 14.3. The molecule has 196 valence electrons. The van der Waals surface area contributed by atoms with Gasteiger partial charge in [0.15, 0.2) is 0 Å². The van der Waals surface area contributed by atoms with Crippen molar-refractivity contribution in [1.29, 1.82) is 0 Å². The number of rotatable bonds is 3. The second kappa shape index (κ2) is 8.95. The summed E-state index contributed by atoms with van der Waals surface area (Å²) < 4.78 is 72.0. The van der Waals surface area contributed by atoms with Gasteiger partial charge < -0.3 is 9.30 Å². The van der Waals surface area contributed by atoms with Crippen molar-refractivity contribution >= 4 is 32.6 Å². The van der Waals surface area contributed by atoms with E-state index in [1.807, 2.05) is 103 Å². The Morgan fingerprint density at radius 2 is 1.29 bits per heavy atom. The lowest BCUT2D eigenvalue weighted by Crippen LogP contribution is -1.97. The molecule has 0 amide bonds. The Morgan fingerprint density at radius 1 is 0.524 bits per heavy atom. The van der Waals surface area contributed by atoms with Crippen molar-refractivity contribution in [2.24, 2.45) is 0 Å². The highest BCUT2D eigenvalue weighted by Gasteiger charge is 2.20. The molecule has 2 heterocycles. The molecule has 1 aliphatic rings. The summed E-state index contributed by atoms with van der Waals surface area (Å²) >= 11 is 0. The van der Waals surface area contributed by atoms with E-state index in [1.54, 1.807) is 6.07 Å². The maximum Gasteiger partial charge on any atom is 0.135 e. The topological polar surface area (TPSA) is 14.2 Å². The predicted octanol–water partition coefficient (Wildman–Crippen LogP) is 11.0. The summed E-state index contributed by atoms with van der Waals surface area (Å²) in [4.78, 5) is 0. The second-order valence-electron chi connectivity index (χ2n) is 10.4. The lowest BCUT2D eigenvalue weighted by molar-refractivity contribution is 0.487. The highest BCUT2D eigenvalue weighted by Crippen LogP contribution is 2.47. The Hall–Kier alpha value is -5.60. The van der Waals surface area contributed by atoms with Crippen LogP contribution in [0.3, 0.4) is 0 Å². The highest BCUT2D eigenvalue weighted by molar-refractivity contribution is 6.10. The molecule has 2 heteroatoms. The average molecular weight is 543 g/mol. The summed E-state index contributed by atoms with van der Waals surface area (Å²) in [5, 5.41) is 3.54. The van der Waals surface area contributed by atoms with Gasteiger partial charge >= 0.3 is 0 Å². The van der Waals surface area contributed by atoms with E-state index in [1.165, 1.54) is 0 Å². The summed E-state index contributed by atoms with van der Waals surface area (Å²) in [6.45, 7) is 0. The first-order chi connectivity index (χ1) is 23.8. The molecule has 2 nitrogen and oxygen atoms in total. The molecule has 0 fully saturated rings. The molecule has 0 atom stereocenters. The highest BCUT2D eigenvalue weighted by atomic mass is 16.5. The molecule has 42 heavy (non-hydrogen) atoms. The van der Waals surface area contributed by atoms with Crippen molar-refractivity contribution < 1.29 is 14.3 Å². The van der Waals surface area contributed by atoms with Crippen LogP contribution in [0.4, 0.5) is 0 Å². The van der Waals surface area contributed by atoms with Crippen LogP contribution >= 0.6 is 0 Å². The maximum absolute atomic E-state index is 9.46. The molecule has 0 saturated heterocycles. The van der Waals surface area contributed by atoms with Crippen LogP contribution in [-0.2, 0) is 0 Å². The molecule has 0 unspecified atom stereocenters. The zero-order valence-electron chi connectivity index (χ0n) is 29.2. The first kappa shape index (κ1) is 17.3. The summed E-state index contributed by atoms with van der Waals surface area (Å²) in [6.07, 6.45) is 0. The van der Waals surface area contributed by atoms with E-state index in [-0.39, 0.29) is 52.7 Å². The second-order valence-corrected chi connectivity index (χ2v) is 10.4.